The summed E-state index contributed by atoms with van der Waals surface area (Å²) in [4.78, 5) is 0. The molecule has 2 rings (SSSR count). The molecule has 1 heterocycles. The molecule has 1 aromatic carbocycles. The number of rotatable bonds is 4. The van der Waals surface area contributed by atoms with Crippen LogP contribution in [-0.2, 0) is 13.0 Å². The number of methoxy groups -OCH3 is 1. The fraction of sp³-hybridized carbons (Fsp3) is 0.333. The molecule has 2 aromatic rings. The first-order chi connectivity index (χ1) is 8.65. The summed E-state index contributed by atoms with van der Waals surface area (Å²) in [6.07, 6.45) is 0.779. The number of benzene rings is 1. The van der Waals surface area contributed by atoms with Gasteiger partial charge < -0.3 is 10.5 Å². The molecule has 6 heteroatoms. The molecule has 96 valence electrons. The molecule has 0 unspecified atom stereocenters. The minimum atomic E-state index is 0.471. The second kappa shape index (κ2) is 5.27. The maximum atomic E-state index is 5.99. The standard InChI is InChI=1S/C12H15ClN4O/c1-3-10-12(14)15-16-17(10)7-8-6-9(13)4-5-11(8)18-2/h4-6H,3,7,14H2,1-2H3. The van der Waals surface area contributed by atoms with E-state index in [9.17, 15) is 0 Å². The number of aromatic nitrogens is 3. The van der Waals surface area contributed by atoms with Gasteiger partial charge in [0.15, 0.2) is 5.82 Å². The van der Waals surface area contributed by atoms with Crippen molar-refractivity contribution in [3.8, 4) is 5.75 Å². The van der Waals surface area contributed by atoms with Crippen LogP contribution in [0.5, 0.6) is 5.75 Å². The monoisotopic (exact) mass is 266 g/mol. The van der Waals surface area contributed by atoms with Crippen LogP contribution in [-0.4, -0.2) is 22.1 Å². The normalized spacial score (nSPS) is 10.6. The van der Waals surface area contributed by atoms with Gasteiger partial charge in [0.2, 0.25) is 0 Å². The number of anilines is 1. The lowest BCUT2D eigenvalue weighted by Crippen LogP contribution is -2.08. The van der Waals surface area contributed by atoms with Crippen LogP contribution in [0.3, 0.4) is 0 Å². The average Bonchev–Trinajstić information content (AvgIpc) is 2.70. The van der Waals surface area contributed by atoms with Gasteiger partial charge in [-0.15, -0.1) is 5.10 Å². The van der Waals surface area contributed by atoms with Gasteiger partial charge in [-0.05, 0) is 24.6 Å². The van der Waals surface area contributed by atoms with Gasteiger partial charge in [-0.1, -0.05) is 23.7 Å². The Balaban J connectivity index is 2.36. The summed E-state index contributed by atoms with van der Waals surface area (Å²) in [6.45, 7) is 2.55. The van der Waals surface area contributed by atoms with Crippen LogP contribution < -0.4 is 10.5 Å². The number of nitrogen functional groups attached to an aromatic ring is 1. The Kier molecular flexibility index (Phi) is 3.72. The summed E-state index contributed by atoms with van der Waals surface area (Å²) in [5.41, 5.74) is 7.62. The zero-order chi connectivity index (χ0) is 13.1. The zero-order valence-electron chi connectivity index (χ0n) is 10.4. The summed E-state index contributed by atoms with van der Waals surface area (Å²) in [5, 5.41) is 8.57. The van der Waals surface area contributed by atoms with E-state index < -0.39 is 0 Å². The molecule has 0 saturated carbocycles. The second-order valence-corrected chi connectivity index (χ2v) is 4.33. The summed E-state index contributed by atoms with van der Waals surface area (Å²) < 4.78 is 7.07. The Bertz CT molecular complexity index is 553. The molecule has 0 aliphatic rings. The van der Waals surface area contributed by atoms with Gasteiger partial charge in [0.05, 0.1) is 19.3 Å². The van der Waals surface area contributed by atoms with Crippen LogP contribution >= 0.6 is 11.6 Å². The van der Waals surface area contributed by atoms with Gasteiger partial charge >= 0.3 is 0 Å². The zero-order valence-corrected chi connectivity index (χ0v) is 11.1. The highest BCUT2D eigenvalue weighted by atomic mass is 35.5. The molecule has 0 spiro atoms. The van der Waals surface area contributed by atoms with Gasteiger partial charge in [0.25, 0.3) is 0 Å². The molecule has 0 fully saturated rings. The molecular weight excluding hydrogens is 252 g/mol. The van der Waals surface area contributed by atoms with Crippen molar-refractivity contribution in [1.29, 1.82) is 0 Å². The first-order valence-corrected chi connectivity index (χ1v) is 6.03. The van der Waals surface area contributed by atoms with Gasteiger partial charge in [0.1, 0.15) is 5.75 Å². The Hall–Kier alpha value is -1.75. The lowest BCUT2D eigenvalue weighted by molar-refractivity contribution is 0.406. The van der Waals surface area contributed by atoms with Gasteiger partial charge in [-0.25, -0.2) is 4.68 Å². The Morgan fingerprint density at radius 2 is 2.22 bits per heavy atom. The highest BCUT2D eigenvalue weighted by molar-refractivity contribution is 6.30. The van der Waals surface area contributed by atoms with Crippen LogP contribution in [0.1, 0.15) is 18.2 Å². The third-order valence-electron chi connectivity index (χ3n) is 2.77. The van der Waals surface area contributed by atoms with E-state index in [2.05, 4.69) is 10.3 Å². The minimum absolute atomic E-state index is 0.471. The topological polar surface area (TPSA) is 66.0 Å². The summed E-state index contributed by atoms with van der Waals surface area (Å²) in [7, 11) is 1.63. The van der Waals surface area contributed by atoms with Crippen molar-refractivity contribution in [2.45, 2.75) is 19.9 Å². The van der Waals surface area contributed by atoms with Crippen molar-refractivity contribution in [2.75, 3.05) is 12.8 Å². The van der Waals surface area contributed by atoms with Crippen LogP contribution in [0.4, 0.5) is 5.82 Å². The molecule has 5 nitrogen and oxygen atoms in total. The third kappa shape index (κ3) is 2.41. The van der Waals surface area contributed by atoms with Gasteiger partial charge in [-0.3, -0.25) is 0 Å². The van der Waals surface area contributed by atoms with E-state index in [1.165, 1.54) is 0 Å². The summed E-state index contributed by atoms with van der Waals surface area (Å²) >= 11 is 5.99. The van der Waals surface area contributed by atoms with E-state index in [0.717, 1.165) is 23.4 Å². The molecule has 0 aliphatic heterocycles. The molecule has 0 amide bonds. The number of halogens is 1. The van der Waals surface area contributed by atoms with E-state index in [1.807, 2.05) is 19.1 Å². The average molecular weight is 267 g/mol. The van der Waals surface area contributed by atoms with E-state index >= 15 is 0 Å². The SMILES string of the molecule is CCc1c(N)nnn1Cc1cc(Cl)ccc1OC. The Labute approximate surface area is 111 Å². The fourth-order valence-electron chi connectivity index (χ4n) is 1.87. The first-order valence-electron chi connectivity index (χ1n) is 5.66. The fourth-order valence-corrected chi connectivity index (χ4v) is 2.06. The molecule has 2 N–H and O–H groups in total. The smallest absolute Gasteiger partial charge is 0.169 e. The third-order valence-corrected chi connectivity index (χ3v) is 3.00. The molecule has 0 aliphatic carbocycles. The highest BCUT2D eigenvalue weighted by Gasteiger charge is 2.11. The van der Waals surface area contributed by atoms with Crippen LogP contribution in [0.25, 0.3) is 0 Å². The second-order valence-electron chi connectivity index (χ2n) is 3.89. The molecule has 0 saturated heterocycles. The Morgan fingerprint density at radius 1 is 1.44 bits per heavy atom. The highest BCUT2D eigenvalue weighted by Crippen LogP contribution is 2.24. The van der Waals surface area contributed by atoms with Crippen molar-refractivity contribution >= 4 is 17.4 Å². The minimum Gasteiger partial charge on any atom is -0.496 e. The quantitative estimate of drug-likeness (QED) is 0.921. The van der Waals surface area contributed by atoms with Gasteiger partial charge in [-0.2, -0.15) is 0 Å². The largest absolute Gasteiger partial charge is 0.496 e. The first kappa shape index (κ1) is 12.7. The lowest BCUT2D eigenvalue weighted by atomic mass is 10.2. The van der Waals surface area contributed by atoms with E-state index in [0.29, 0.717) is 17.4 Å². The van der Waals surface area contributed by atoms with Gasteiger partial charge in [0, 0.05) is 10.6 Å². The predicted octanol–water partition coefficient (Wildman–Crippen LogP) is 2.13. The van der Waals surface area contributed by atoms with Crippen molar-refractivity contribution < 1.29 is 4.74 Å². The number of hydrogen-bond donors (Lipinski definition) is 1. The van der Waals surface area contributed by atoms with Crippen molar-refractivity contribution in [1.82, 2.24) is 15.0 Å². The number of hydrogen-bond acceptors (Lipinski definition) is 4. The van der Waals surface area contributed by atoms with Crippen molar-refractivity contribution in [3.05, 3.63) is 34.5 Å². The van der Waals surface area contributed by atoms with Crippen LogP contribution in [0.15, 0.2) is 18.2 Å². The van der Waals surface area contributed by atoms with Crippen LogP contribution in [0.2, 0.25) is 5.02 Å². The van der Waals surface area contributed by atoms with Crippen molar-refractivity contribution in [2.24, 2.45) is 0 Å². The summed E-state index contributed by atoms with van der Waals surface area (Å²) in [6, 6.07) is 5.49. The number of nitrogens with two attached hydrogens (primary N) is 1. The number of nitrogens with zero attached hydrogens (tertiary/aromatic N) is 3. The van der Waals surface area contributed by atoms with Crippen LogP contribution in [0, 0.1) is 0 Å². The van der Waals surface area contributed by atoms with Crippen molar-refractivity contribution in [3.63, 3.8) is 0 Å². The summed E-state index contributed by atoms with van der Waals surface area (Å²) in [5.74, 6) is 1.24. The van der Waals surface area contributed by atoms with E-state index in [1.54, 1.807) is 17.9 Å². The molecule has 1 aromatic heterocycles. The maximum Gasteiger partial charge on any atom is 0.169 e. The molecule has 0 atom stereocenters. The lowest BCUT2D eigenvalue weighted by Gasteiger charge is -2.10. The van der Waals surface area contributed by atoms with E-state index in [-0.39, 0.29) is 0 Å². The van der Waals surface area contributed by atoms with E-state index in [4.69, 9.17) is 22.1 Å². The number of ether oxygens (including phenoxy) is 1. The molecule has 0 bridgehead atoms. The maximum absolute atomic E-state index is 5.99. The molecule has 18 heavy (non-hydrogen) atoms. The molecular formula is C12H15ClN4O. The predicted molar refractivity (Wildman–Crippen MR) is 70.9 cm³/mol. The molecule has 0 radical (unpaired) electrons. The Morgan fingerprint density at radius 3 is 2.89 bits per heavy atom.